The Balaban J connectivity index is 1.84. The van der Waals surface area contributed by atoms with Crippen LogP contribution in [0.4, 0.5) is 0 Å². The van der Waals surface area contributed by atoms with Crippen molar-refractivity contribution in [1.29, 1.82) is 0 Å². The van der Waals surface area contributed by atoms with Gasteiger partial charge in [0, 0.05) is 6.61 Å². The zero-order valence-corrected chi connectivity index (χ0v) is 14.3. The van der Waals surface area contributed by atoms with Gasteiger partial charge < -0.3 is 19.5 Å². The molecule has 2 unspecified atom stereocenters. The number of nitrogens with one attached hydrogen (secondary N) is 1. The molecule has 0 aromatic carbocycles. The first-order valence-electron chi connectivity index (χ1n) is 8.80. The first-order valence-corrected chi connectivity index (χ1v) is 8.80. The molecule has 6 heteroatoms. The number of amides is 1. The van der Waals surface area contributed by atoms with Gasteiger partial charge in [0.25, 0.3) is 0 Å². The second-order valence-corrected chi connectivity index (χ2v) is 6.46. The molecule has 0 spiro atoms. The van der Waals surface area contributed by atoms with Crippen molar-refractivity contribution in [1.82, 2.24) is 5.32 Å². The zero-order valence-electron chi connectivity index (χ0n) is 14.3. The molecule has 6 nitrogen and oxygen atoms in total. The summed E-state index contributed by atoms with van der Waals surface area (Å²) in [5.74, 6) is -0.579. The molecule has 1 saturated carbocycles. The molecule has 0 aromatic rings. The number of ether oxygens (including phenoxy) is 3. The predicted molar refractivity (Wildman–Crippen MR) is 85.0 cm³/mol. The molecule has 1 aliphatic heterocycles. The maximum absolute atomic E-state index is 12.4. The fourth-order valence-electron chi connectivity index (χ4n) is 3.23. The van der Waals surface area contributed by atoms with Gasteiger partial charge in [-0.3, -0.25) is 4.79 Å². The van der Waals surface area contributed by atoms with E-state index in [1.165, 1.54) is 0 Å². The molecule has 132 valence electrons. The van der Waals surface area contributed by atoms with Gasteiger partial charge in [0.2, 0.25) is 5.91 Å². The van der Waals surface area contributed by atoms with Crippen molar-refractivity contribution in [2.75, 3.05) is 19.8 Å². The highest BCUT2D eigenvalue weighted by molar-refractivity contribution is 5.90. The van der Waals surface area contributed by atoms with Crippen molar-refractivity contribution in [3.05, 3.63) is 0 Å². The van der Waals surface area contributed by atoms with Crippen LogP contribution in [0.15, 0.2) is 0 Å². The highest BCUT2D eigenvalue weighted by Gasteiger charge is 2.44. The summed E-state index contributed by atoms with van der Waals surface area (Å²) in [5.41, 5.74) is -0.869. The van der Waals surface area contributed by atoms with Crippen LogP contribution in [-0.4, -0.2) is 49.4 Å². The topological polar surface area (TPSA) is 73.9 Å². The van der Waals surface area contributed by atoms with Gasteiger partial charge in [-0.2, -0.15) is 0 Å². The van der Waals surface area contributed by atoms with Crippen LogP contribution in [0.1, 0.15) is 58.8 Å². The number of rotatable bonds is 7. The summed E-state index contributed by atoms with van der Waals surface area (Å²) < 4.78 is 16.4. The van der Waals surface area contributed by atoms with Crippen molar-refractivity contribution in [3.8, 4) is 0 Å². The van der Waals surface area contributed by atoms with Crippen LogP contribution in [0.2, 0.25) is 0 Å². The molecular formula is C17H29NO5. The van der Waals surface area contributed by atoms with Crippen LogP contribution in [-0.2, 0) is 23.8 Å². The third kappa shape index (κ3) is 4.91. The Morgan fingerprint density at radius 3 is 2.61 bits per heavy atom. The number of carbonyl (C=O) groups excluding carboxylic acids is 2. The molecule has 2 rings (SSSR count). The normalized spacial score (nSPS) is 24.9. The first-order chi connectivity index (χ1) is 11.1. The van der Waals surface area contributed by atoms with E-state index in [0.29, 0.717) is 26.1 Å². The van der Waals surface area contributed by atoms with Gasteiger partial charge in [0.15, 0.2) is 0 Å². The van der Waals surface area contributed by atoms with Crippen LogP contribution in [0.5, 0.6) is 0 Å². The molecule has 1 heterocycles. The Hall–Kier alpha value is -1.14. The Labute approximate surface area is 138 Å². The summed E-state index contributed by atoms with van der Waals surface area (Å²) in [6.45, 7) is 4.99. The van der Waals surface area contributed by atoms with Crippen LogP contribution in [0.25, 0.3) is 0 Å². The van der Waals surface area contributed by atoms with Crippen molar-refractivity contribution >= 4 is 11.9 Å². The zero-order chi connectivity index (χ0) is 16.7. The summed E-state index contributed by atoms with van der Waals surface area (Å²) in [4.78, 5) is 24.6. The quantitative estimate of drug-likeness (QED) is 0.724. The molecule has 1 saturated heterocycles. The minimum absolute atomic E-state index is 0.0736. The Bertz CT molecular complexity index is 400. The molecule has 0 aromatic heterocycles. The molecule has 2 aliphatic rings. The van der Waals surface area contributed by atoms with E-state index in [1.54, 1.807) is 13.8 Å². The van der Waals surface area contributed by atoms with E-state index in [1.807, 2.05) is 0 Å². The lowest BCUT2D eigenvalue weighted by atomic mass is 9.97. The standard InChI is InChI=1S/C17H29NO5/c1-3-21-16(20)17(9-5-6-10-17)18-15(19)13(2)23-12-14-8-4-7-11-22-14/h13-14H,3-12H2,1-2H3,(H,18,19). The fourth-order valence-corrected chi connectivity index (χ4v) is 3.23. The minimum Gasteiger partial charge on any atom is -0.464 e. The molecule has 2 atom stereocenters. The lowest BCUT2D eigenvalue weighted by molar-refractivity contribution is -0.155. The van der Waals surface area contributed by atoms with Crippen molar-refractivity contribution in [2.24, 2.45) is 0 Å². The van der Waals surface area contributed by atoms with Gasteiger partial charge in [0.1, 0.15) is 11.6 Å². The SMILES string of the molecule is CCOC(=O)C1(NC(=O)C(C)OCC2CCCCO2)CCCC1. The summed E-state index contributed by atoms with van der Waals surface area (Å²) in [7, 11) is 0. The van der Waals surface area contributed by atoms with E-state index >= 15 is 0 Å². The highest BCUT2D eigenvalue weighted by atomic mass is 16.5. The van der Waals surface area contributed by atoms with Crippen molar-refractivity contribution in [2.45, 2.75) is 76.5 Å². The average Bonchev–Trinajstić information content (AvgIpc) is 3.03. The monoisotopic (exact) mass is 327 g/mol. The van der Waals surface area contributed by atoms with E-state index in [0.717, 1.165) is 38.7 Å². The molecule has 0 bridgehead atoms. The van der Waals surface area contributed by atoms with Crippen LogP contribution < -0.4 is 5.32 Å². The summed E-state index contributed by atoms with van der Waals surface area (Å²) in [6.07, 6.45) is 5.79. The van der Waals surface area contributed by atoms with E-state index in [9.17, 15) is 9.59 Å². The van der Waals surface area contributed by atoms with E-state index < -0.39 is 11.6 Å². The van der Waals surface area contributed by atoms with Crippen LogP contribution >= 0.6 is 0 Å². The highest BCUT2D eigenvalue weighted by Crippen LogP contribution is 2.31. The van der Waals surface area contributed by atoms with Crippen LogP contribution in [0.3, 0.4) is 0 Å². The summed E-state index contributed by atoms with van der Waals surface area (Å²) >= 11 is 0. The van der Waals surface area contributed by atoms with E-state index in [-0.39, 0.29) is 18.0 Å². The van der Waals surface area contributed by atoms with Crippen molar-refractivity contribution in [3.63, 3.8) is 0 Å². The maximum atomic E-state index is 12.4. The number of hydrogen-bond acceptors (Lipinski definition) is 5. The summed E-state index contributed by atoms with van der Waals surface area (Å²) in [6, 6.07) is 0. The third-order valence-corrected chi connectivity index (χ3v) is 4.66. The average molecular weight is 327 g/mol. The minimum atomic E-state index is -0.869. The van der Waals surface area contributed by atoms with Gasteiger partial charge in [-0.25, -0.2) is 4.79 Å². The van der Waals surface area contributed by atoms with Crippen molar-refractivity contribution < 1.29 is 23.8 Å². The third-order valence-electron chi connectivity index (χ3n) is 4.66. The van der Waals surface area contributed by atoms with E-state index in [2.05, 4.69) is 5.32 Å². The first kappa shape index (κ1) is 18.2. The molecular weight excluding hydrogens is 298 g/mol. The Morgan fingerprint density at radius 1 is 1.26 bits per heavy atom. The van der Waals surface area contributed by atoms with Gasteiger partial charge >= 0.3 is 5.97 Å². The maximum Gasteiger partial charge on any atom is 0.331 e. The number of esters is 1. The van der Waals surface area contributed by atoms with Crippen LogP contribution in [0, 0.1) is 0 Å². The van der Waals surface area contributed by atoms with Gasteiger partial charge in [-0.05, 0) is 46.0 Å². The molecule has 23 heavy (non-hydrogen) atoms. The van der Waals surface area contributed by atoms with Gasteiger partial charge in [0.05, 0.1) is 19.3 Å². The molecule has 2 fully saturated rings. The second-order valence-electron chi connectivity index (χ2n) is 6.46. The molecule has 1 aliphatic carbocycles. The second kappa shape index (κ2) is 8.64. The Kier molecular flexibility index (Phi) is 6.84. The molecule has 0 radical (unpaired) electrons. The molecule has 1 amide bonds. The lowest BCUT2D eigenvalue weighted by Crippen LogP contribution is -2.56. The number of hydrogen-bond donors (Lipinski definition) is 1. The van der Waals surface area contributed by atoms with Gasteiger partial charge in [-0.1, -0.05) is 12.8 Å². The van der Waals surface area contributed by atoms with Gasteiger partial charge in [-0.15, -0.1) is 0 Å². The molecule has 1 N–H and O–H groups in total. The number of carbonyl (C=O) groups is 2. The smallest absolute Gasteiger partial charge is 0.331 e. The predicted octanol–water partition coefficient (Wildman–Crippen LogP) is 1.95. The van der Waals surface area contributed by atoms with E-state index in [4.69, 9.17) is 14.2 Å². The Morgan fingerprint density at radius 2 is 2.00 bits per heavy atom. The largest absolute Gasteiger partial charge is 0.464 e. The summed E-state index contributed by atoms with van der Waals surface area (Å²) in [5, 5.41) is 2.89. The fraction of sp³-hybridized carbons (Fsp3) is 0.882. The lowest BCUT2D eigenvalue weighted by Gasteiger charge is -2.29.